The van der Waals surface area contributed by atoms with E-state index in [9.17, 15) is 4.79 Å². The third kappa shape index (κ3) is 6.32. The average molecular weight is 713 g/mol. The second kappa shape index (κ2) is 14.6. The lowest BCUT2D eigenvalue weighted by Crippen LogP contribution is -2.68. The van der Waals surface area contributed by atoms with Gasteiger partial charge in [-0.15, -0.1) is 0 Å². The number of hydrogen-bond acceptors (Lipinski definition) is 3. The zero-order chi connectivity index (χ0) is 36.0. The Morgan fingerprint density at radius 1 is 0.880 bits per heavy atom. The molecule has 274 valence electrons. The molecule has 3 fully saturated rings. The van der Waals surface area contributed by atoms with E-state index in [1.54, 1.807) is 5.57 Å². The van der Waals surface area contributed by atoms with E-state index in [0.29, 0.717) is 42.1 Å². The molecule has 50 heavy (non-hydrogen) atoms. The van der Waals surface area contributed by atoms with Crippen molar-refractivity contribution in [1.82, 2.24) is 0 Å². The summed E-state index contributed by atoms with van der Waals surface area (Å²) >= 11 is 0. The molecule has 0 radical (unpaired) electrons. The molecular formula is C45H68O3Si2. The van der Waals surface area contributed by atoms with Gasteiger partial charge in [-0.2, -0.15) is 0 Å². The van der Waals surface area contributed by atoms with Crippen molar-refractivity contribution in [3.05, 3.63) is 72.3 Å². The Balaban J connectivity index is 1.33. The monoisotopic (exact) mass is 712 g/mol. The van der Waals surface area contributed by atoms with Crippen LogP contribution >= 0.6 is 0 Å². The molecule has 0 amide bonds. The predicted molar refractivity (Wildman–Crippen MR) is 215 cm³/mol. The molecule has 1 unspecified atom stereocenters. The molecule has 0 spiro atoms. The van der Waals surface area contributed by atoms with Crippen LogP contribution in [0, 0.1) is 40.4 Å². The lowest BCUT2D eigenvalue weighted by Gasteiger charge is -2.59. The molecule has 0 bridgehead atoms. The lowest BCUT2D eigenvalue weighted by molar-refractivity contribution is -0.109. The highest BCUT2D eigenvalue weighted by Crippen LogP contribution is 2.68. The van der Waals surface area contributed by atoms with Gasteiger partial charge >= 0.3 is 0 Å². The molecule has 0 aliphatic heterocycles. The average Bonchev–Trinajstić information content (AvgIpc) is 3.41. The van der Waals surface area contributed by atoms with Crippen LogP contribution in [0.2, 0.25) is 23.2 Å². The van der Waals surface area contributed by atoms with Gasteiger partial charge in [-0.1, -0.05) is 135 Å². The van der Waals surface area contributed by atoms with Gasteiger partial charge in [-0.25, -0.2) is 0 Å². The molecule has 3 saturated carbocycles. The molecule has 0 heterocycles. The summed E-state index contributed by atoms with van der Waals surface area (Å²) in [5.74, 6) is 2.92. The summed E-state index contributed by atoms with van der Waals surface area (Å²) in [6.45, 7) is 22.0. The van der Waals surface area contributed by atoms with Gasteiger partial charge in [0.2, 0.25) is 0 Å². The number of hydrogen-bond donors (Lipinski definition) is 0. The van der Waals surface area contributed by atoms with Gasteiger partial charge < -0.3 is 13.6 Å². The zero-order valence-electron chi connectivity index (χ0n) is 33.0. The summed E-state index contributed by atoms with van der Waals surface area (Å²) in [5.41, 5.74) is 2.15. The number of carbonyl (C=O) groups excluding carboxylic acids is 1. The zero-order valence-corrected chi connectivity index (χ0v) is 35.0. The van der Waals surface area contributed by atoms with Crippen molar-refractivity contribution >= 4 is 33.3 Å². The number of benzene rings is 2. The normalized spacial score (nSPS) is 33.5. The second-order valence-corrected chi connectivity index (χ2v) is 27.5. The first-order chi connectivity index (χ1) is 23.8. The summed E-state index contributed by atoms with van der Waals surface area (Å²) in [4.78, 5) is 11.8. The van der Waals surface area contributed by atoms with E-state index in [1.807, 2.05) is 0 Å². The molecule has 2 aromatic rings. The summed E-state index contributed by atoms with van der Waals surface area (Å²) < 4.78 is 15.3. The van der Waals surface area contributed by atoms with E-state index in [2.05, 4.69) is 129 Å². The topological polar surface area (TPSA) is 35.5 Å². The minimum atomic E-state index is -2.61. The summed E-state index contributed by atoms with van der Waals surface area (Å²) in [5, 5.41) is 2.75. The first-order valence-corrected chi connectivity index (χ1v) is 24.9. The fraction of sp³-hybridized carbons (Fsp3) is 0.667. The van der Waals surface area contributed by atoms with Crippen molar-refractivity contribution in [2.45, 2.75) is 149 Å². The molecule has 4 aliphatic carbocycles. The Morgan fingerprint density at radius 2 is 1.48 bits per heavy atom. The number of carbonyl (C=O) groups is 1. The van der Waals surface area contributed by atoms with Gasteiger partial charge in [0.15, 0.2) is 8.32 Å². The maximum absolute atomic E-state index is 11.8. The number of rotatable bonds is 12. The molecule has 6 rings (SSSR count). The predicted octanol–water partition coefficient (Wildman–Crippen LogP) is 10.7. The van der Waals surface area contributed by atoms with Crippen molar-refractivity contribution in [3.8, 4) is 0 Å². The van der Waals surface area contributed by atoms with Gasteiger partial charge in [0.25, 0.3) is 8.32 Å². The molecule has 9 atom stereocenters. The van der Waals surface area contributed by atoms with Gasteiger partial charge in [0.05, 0.1) is 0 Å². The smallest absolute Gasteiger partial charge is 0.261 e. The number of allylic oxidation sites excluding steroid dienone is 1. The maximum atomic E-state index is 11.8. The van der Waals surface area contributed by atoms with Crippen LogP contribution in [0.25, 0.3) is 0 Å². The van der Waals surface area contributed by atoms with E-state index in [4.69, 9.17) is 8.85 Å². The van der Waals surface area contributed by atoms with Crippen LogP contribution in [0.1, 0.15) is 114 Å². The Labute approximate surface area is 307 Å². The summed E-state index contributed by atoms with van der Waals surface area (Å²) in [6, 6.07) is 26.0. The van der Waals surface area contributed by atoms with E-state index in [0.717, 1.165) is 19.3 Å². The standard InChI is InChI=1S/C45H68O3Si2/c1-10-49(11-2,12-3)48-41-32-40(33(4)27-30-46)45(9)29-26-39-38(42(41)45)24-23-34-31-35(25-28-44(34,39)8)47-50(43(5,6)7,36-19-15-13-16-20-36)37-21-17-14-18-22-37/h13-23,30,33,35,38-42H,10-12,24-29,31-32H2,1-9H3/t33-,35+,38-,39+,40?,41-,42-,44+,45-/m1/s1. The van der Waals surface area contributed by atoms with Gasteiger partial charge in [-0.05, 0) is 119 Å². The van der Waals surface area contributed by atoms with Crippen molar-refractivity contribution in [3.63, 3.8) is 0 Å². The van der Waals surface area contributed by atoms with Gasteiger partial charge in [-0.3, -0.25) is 0 Å². The van der Waals surface area contributed by atoms with Crippen LogP contribution in [0.15, 0.2) is 72.3 Å². The van der Waals surface area contributed by atoms with Crippen molar-refractivity contribution in [2.75, 3.05) is 0 Å². The van der Waals surface area contributed by atoms with E-state index in [-0.39, 0.29) is 22.0 Å². The quantitative estimate of drug-likeness (QED) is 0.125. The van der Waals surface area contributed by atoms with Crippen molar-refractivity contribution in [1.29, 1.82) is 0 Å². The summed E-state index contributed by atoms with van der Waals surface area (Å²) in [6.07, 6.45) is 13.4. The number of fused-ring (bicyclic) bond motifs is 5. The molecule has 0 aromatic heterocycles. The maximum Gasteiger partial charge on any atom is 0.261 e. The van der Waals surface area contributed by atoms with Crippen LogP contribution in [0.3, 0.4) is 0 Å². The van der Waals surface area contributed by atoms with E-state index >= 15 is 0 Å². The summed E-state index contributed by atoms with van der Waals surface area (Å²) in [7, 11) is -4.40. The first kappa shape index (κ1) is 37.9. The van der Waals surface area contributed by atoms with Crippen LogP contribution in [-0.4, -0.2) is 35.1 Å². The third-order valence-electron chi connectivity index (χ3n) is 15.3. The third-order valence-corrected chi connectivity index (χ3v) is 25.1. The van der Waals surface area contributed by atoms with Crippen molar-refractivity contribution < 1.29 is 13.6 Å². The molecule has 2 aromatic carbocycles. The lowest BCUT2D eigenvalue weighted by atomic mass is 9.46. The fourth-order valence-electron chi connectivity index (χ4n) is 12.4. The van der Waals surface area contributed by atoms with Crippen LogP contribution in [-0.2, 0) is 13.6 Å². The highest BCUT2D eigenvalue weighted by atomic mass is 28.4. The highest BCUT2D eigenvalue weighted by molar-refractivity contribution is 6.99. The van der Waals surface area contributed by atoms with Crippen LogP contribution in [0.5, 0.6) is 0 Å². The van der Waals surface area contributed by atoms with Gasteiger partial charge in [0.1, 0.15) is 6.29 Å². The van der Waals surface area contributed by atoms with Crippen molar-refractivity contribution in [2.24, 2.45) is 40.4 Å². The Morgan fingerprint density at radius 3 is 2.02 bits per heavy atom. The molecule has 5 heteroatoms. The largest absolute Gasteiger partial charge is 0.414 e. The first-order valence-electron chi connectivity index (χ1n) is 20.4. The minimum absolute atomic E-state index is 0.0145. The Bertz CT molecular complexity index is 1430. The van der Waals surface area contributed by atoms with E-state index < -0.39 is 16.6 Å². The highest BCUT2D eigenvalue weighted by Gasteiger charge is 2.63. The molecule has 0 N–H and O–H groups in total. The number of aldehydes is 1. The minimum Gasteiger partial charge on any atom is -0.414 e. The van der Waals surface area contributed by atoms with Gasteiger partial charge in [0, 0.05) is 18.6 Å². The molecular weight excluding hydrogens is 645 g/mol. The van der Waals surface area contributed by atoms with E-state index in [1.165, 1.54) is 60.5 Å². The SMILES string of the molecule is CC[Si](CC)(CC)O[C@@H]1CC([C@H](C)CC=O)[C@@]2(C)CC[C@H]3[C@@H](CC=C4C[C@@H](O[Si](c5ccccc5)(c5ccccc5)C(C)(C)C)CC[C@@]43C)[C@H]12. The molecule has 0 saturated heterocycles. The second-order valence-electron chi connectivity index (χ2n) is 18.5. The molecule has 3 nitrogen and oxygen atoms in total. The fourth-order valence-corrected chi connectivity index (χ4v) is 20.0. The molecule has 4 aliphatic rings. The Hall–Kier alpha value is -1.80. The van der Waals surface area contributed by atoms with Crippen LogP contribution in [0.4, 0.5) is 0 Å². The van der Waals surface area contributed by atoms with Crippen LogP contribution < -0.4 is 10.4 Å². The Kier molecular flexibility index (Phi) is 11.0.